The van der Waals surface area contributed by atoms with Crippen molar-refractivity contribution in [2.24, 2.45) is 0 Å². The maximum absolute atomic E-state index is 12.9. The van der Waals surface area contributed by atoms with Gasteiger partial charge < -0.3 is 50.5 Å². The number of hydrogen-bond donors (Lipinski definition) is 8. The molecule has 1 amide bonds. The lowest BCUT2D eigenvalue weighted by Crippen LogP contribution is -2.60. The molecule has 0 saturated carbocycles. The normalized spacial score (nSPS) is 24.9. The predicted molar refractivity (Wildman–Crippen MR) is 178 cm³/mol. The molecule has 11 heteroatoms. The first-order chi connectivity index (χ1) is 22.2. The number of hydrogen-bond acceptors (Lipinski definition) is 10. The Labute approximate surface area is 276 Å². The van der Waals surface area contributed by atoms with Crippen LogP contribution in [0.15, 0.2) is 36.5 Å². The Bertz CT molecular complexity index is 851. The summed E-state index contributed by atoms with van der Waals surface area (Å²) < 4.78 is 11.0. The van der Waals surface area contributed by atoms with Gasteiger partial charge in [-0.15, -0.1) is 0 Å². The highest BCUT2D eigenvalue weighted by atomic mass is 16.7. The molecule has 1 rings (SSSR count). The van der Waals surface area contributed by atoms with Crippen LogP contribution >= 0.6 is 0 Å². The Morgan fingerprint density at radius 1 is 0.761 bits per heavy atom. The molecule has 9 atom stereocenters. The molecule has 0 aromatic carbocycles. The number of nitrogens with one attached hydrogen (secondary N) is 1. The summed E-state index contributed by atoms with van der Waals surface area (Å²) in [6.45, 7) is 3.17. The van der Waals surface area contributed by atoms with Gasteiger partial charge in [0, 0.05) is 0 Å². The van der Waals surface area contributed by atoms with Crippen molar-refractivity contribution >= 4 is 5.91 Å². The van der Waals surface area contributed by atoms with E-state index in [1.54, 1.807) is 0 Å². The monoisotopic (exact) mass is 657 g/mol. The van der Waals surface area contributed by atoms with E-state index in [0.717, 1.165) is 51.4 Å². The molecule has 46 heavy (non-hydrogen) atoms. The summed E-state index contributed by atoms with van der Waals surface area (Å²) in [7, 11) is 0. The lowest BCUT2D eigenvalue weighted by atomic mass is 9.98. The SMILES string of the molecule is CC/C=C/CC/C=C/CCCC(O)C(O)C(COC1OC(CO)C(O)C(O)C1O)NC(=O)C(O)CCCCCC/C=C\CCCC. The van der Waals surface area contributed by atoms with Crippen LogP contribution in [0.4, 0.5) is 0 Å². The largest absolute Gasteiger partial charge is 0.394 e. The van der Waals surface area contributed by atoms with Gasteiger partial charge in [-0.2, -0.15) is 0 Å². The van der Waals surface area contributed by atoms with Crippen molar-refractivity contribution in [3.63, 3.8) is 0 Å². The summed E-state index contributed by atoms with van der Waals surface area (Å²) in [5.74, 6) is -0.729. The third-order valence-corrected chi connectivity index (χ3v) is 8.15. The number of allylic oxidation sites excluding steroid dienone is 6. The van der Waals surface area contributed by atoms with E-state index >= 15 is 0 Å². The molecule has 1 fully saturated rings. The third-order valence-electron chi connectivity index (χ3n) is 8.15. The van der Waals surface area contributed by atoms with Crippen molar-refractivity contribution in [2.75, 3.05) is 13.2 Å². The second kappa shape index (κ2) is 26.3. The molecule has 268 valence electrons. The Morgan fingerprint density at radius 3 is 2.02 bits per heavy atom. The highest BCUT2D eigenvalue weighted by Gasteiger charge is 2.44. The smallest absolute Gasteiger partial charge is 0.249 e. The van der Waals surface area contributed by atoms with Gasteiger partial charge in [0.2, 0.25) is 5.91 Å². The molecule has 1 heterocycles. The number of carbonyl (C=O) groups excluding carboxylic acids is 1. The molecule has 8 N–H and O–H groups in total. The molecule has 0 aromatic heterocycles. The maximum atomic E-state index is 12.9. The van der Waals surface area contributed by atoms with Gasteiger partial charge in [0.1, 0.15) is 36.6 Å². The minimum Gasteiger partial charge on any atom is -0.394 e. The van der Waals surface area contributed by atoms with Crippen LogP contribution in [0.2, 0.25) is 0 Å². The van der Waals surface area contributed by atoms with Crippen LogP contribution < -0.4 is 5.32 Å². The van der Waals surface area contributed by atoms with Crippen LogP contribution in [-0.2, 0) is 14.3 Å². The number of unbranched alkanes of at least 4 members (excludes halogenated alkanes) is 8. The van der Waals surface area contributed by atoms with Crippen molar-refractivity contribution in [3.8, 4) is 0 Å². The van der Waals surface area contributed by atoms with Crippen LogP contribution in [0.1, 0.15) is 110 Å². The van der Waals surface area contributed by atoms with E-state index in [1.165, 1.54) is 12.8 Å². The number of aliphatic hydroxyl groups is 7. The number of carbonyl (C=O) groups is 1. The van der Waals surface area contributed by atoms with Crippen molar-refractivity contribution in [3.05, 3.63) is 36.5 Å². The Hall–Kier alpha value is -1.67. The molecule has 1 aliphatic rings. The fourth-order valence-electron chi connectivity index (χ4n) is 5.15. The number of rotatable bonds is 26. The zero-order chi connectivity index (χ0) is 34.2. The van der Waals surface area contributed by atoms with Gasteiger partial charge in [-0.1, -0.05) is 82.4 Å². The summed E-state index contributed by atoms with van der Waals surface area (Å²) in [6.07, 6.45) is 13.9. The van der Waals surface area contributed by atoms with Gasteiger partial charge in [-0.3, -0.25) is 4.79 Å². The van der Waals surface area contributed by atoms with E-state index in [0.29, 0.717) is 19.3 Å². The number of amides is 1. The van der Waals surface area contributed by atoms with E-state index in [4.69, 9.17) is 9.47 Å². The van der Waals surface area contributed by atoms with Crippen LogP contribution in [0.5, 0.6) is 0 Å². The van der Waals surface area contributed by atoms with Gasteiger partial charge in [0.15, 0.2) is 6.29 Å². The molecule has 11 nitrogen and oxygen atoms in total. The summed E-state index contributed by atoms with van der Waals surface area (Å²) >= 11 is 0. The minimum absolute atomic E-state index is 0.234. The van der Waals surface area contributed by atoms with Crippen LogP contribution in [0.3, 0.4) is 0 Å². The molecular weight excluding hydrogens is 594 g/mol. The lowest BCUT2D eigenvalue weighted by Gasteiger charge is -2.40. The van der Waals surface area contributed by atoms with E-state index in [-0.39, 0.29) is 12.8 Å². The first-order valence-corrected chi connectivity index (χ1v) is 17.4. The number of aliphatic hydroxyl groups excluding tert-OH is 7. The van der Waals surface area contributed by atoms with Crippen LogP contribution in [0.25, 0.3) is 0 Å². The lowest BCUT2D eigenvalue weighted by molar-refractivity contribution is -0.303. The van der Waals surface area contributed by atoms with Gasteiger partial charge in [0.05, 0.1) is 25.4 Å². The zero-order valence-corrected chi connectivity index (χ0v) is 28.0. The summed E-state index contributed by atoms with van der Waals surface area (Å²) in [5, 5.41) is 74.7. The van der Waals surface area contributed by atoms with Gasteiger partial charge in [0.25, 0.3) is 0 Å². The molecule has 1 saturated heterocycles. The molecule has 9 unspecified atom stereocenters. The standard InChI is InChI=1S/C35H63NO10/c1-3-5-7-9-11-13-15-17-19-21-23-28(39)34(44)36-26(25-45-35-33(43)32(42)31(41)29(24-37)46-35)30(40)27(38)22-20-18-16-14-12-10-8-6-4-2/h6,8-9,11,14,16,26-33,35,37-43H,3-5,7,10,12-13,15,17-25H2,1-2H3,(H,36,44)/b8-6+,11-9-,16-14+. The van der Waals surface area contributed by atoms with E-state index < -0.39 is 74.2 Å². The summed E-state index contributed by atoms with van der Waals surface area (Å²) in [4.78, 5) is 12.9. The predicted octanol–water partition coefficient (Wildman–Crippen LogP) is 2.93. The summed E-state index contributed by atoms with van der Waals surface area (Å²) in [6, 6.07) is -1.19. The van der Waals surface area contributed by atoms with E-state index in [2.05, 4.69) is 49.5 Å². The Morgan fingerprint density at radius 2 is 1.37 bits per heavy atom. The molecule has 0 aromatic rings. The Balaban J connectivity index is 2.68. The molecular formula is C35H63NO10. The topological polar surface area (TPSA) is 189 Å². The molecule has 1 aliphatic heterocycles. The van der Waals surface area contributed by atoms with Crippen molar-refractivity contribution < 1.29 is 50.0 Å². The number of ether oxygens (including phenoxy) is 2. The fraction of sp³-hybridized carbons (Fsp3) is 0.800. The van der Waals surface area contributed by atoms with Crippen LogP contribution in [-0.4, -0.2) is 110 Å². The second-order valence-corrected chi connectivity index (χ2v) is 12.2. The van der Waals surface area contributed by atoms with Crippen LogP contribution in [0, 0.1) is 0 Å². The first kappa shape index (κ1) is 42.4. The first-order valence-electron chi connectivity index (χ1n) is 17.4. The molecule has 0 aliphatic carbocycles. The van der Waals surface area contributed by atoms with Gasteiger partial charge in [-0.25, -0.2) is 0 Å². The summed E-state index contributed by atoms with van der Waals surface area (Å²) in [5.41, 5.74) is 0. The van der Waals surface area contributed by atoms with Crippen molar-refractivity contribution in [1.82, 2.24) is 5.32 Å². The highest BCUT2D eigenvalue weighted by Crippen LogP contribution is 2.23. The average molecular weight is 658 g/mol. The van der Waals surface area contributed by atoms with Gasteiger partial charge >= 0.3 is 0 Å². The quantitative estimate of drug-likeness (QED) is 0.0507. The minimum atomic E-state index is -1.67. The molecule has 0 bridgehead atoms. The maximum Gasteiger partial charge on any atom is 0.249 e. The van der Waals surface area contributed by atoms with Gasteiger partial charge in [-0.05, 0) is 64.2 Å². The third kappa shape index (κ3) is 17.5. The molecule has 0 spiro atoms. The highest BCUT2D eigenvalue weighted by molar-refractivity contribution is 5.80. The van der Waals surface area contributed by atoms with Crippen molar-refractivity contribution in [2.45, 2.75) is 165 Å². The zero-order valence-electron chi connectivity index (χ0n) is 28.0. The fourth-order valence-corrected chi connectivity index (χ4v) is 5.15. The second-order valence-electron chi connectivity index (χ2n) is 12.2. The van der Waals surface area contributed by atoms with E-state index in [1.807, 2.05) is 6.08 Å². The Kier molecular flexibility index (Phi) is 24.2. The average Bonchev–Trinajstić information content (AvgIpc) is 3.05. The van der Waals surface area contributed by atoms with Crippen molar-refractivity contribution in [1.29, 1.82) is 0 Å². The van der Waals surface area contributed by atoms with E-state index in [9.17, 15) is 40.5 Å². The molecule has 0 radical (unpaired) electrons.